The number of nitrogens with one attached hydrogen (secondary N) is 1. The van der Waals surface area contributed by atoms with Crippen LogP contribution in [0.15, 0.2) is 12.2 Å². The summed E-state index contributed by atoms with van der Waals surface area (Å²) in [4.78, 5) is 11.3. The average molecular weight is 169 g/mol. The molecule has 1 N–H and O–H groups in total. The van der Waals surface area contributed by atoms with Crippen LogP contribution in [0.1, 0.15) is 20.8 Å². The number of carbonyl (C=O) groups is 1. The van der Waals surface area contributed by atoms with Gasteiger partial charge in [-0.25, -0.2) is 4.79 Å². The lowest BCUT2D eigenvalue weighted by Crippen LogP contribution is -2.37. The third-order valence-corrected chi connectivity index (χ3v) is 1.44. The summed E-state index contributed by atoms with van der Waals surface area (Å²) < 4.78 is 5.17. The number of ether oxygens (including phenoxy) is 1. The first-order valence-corrected chi connectivity index (χ1v) is 4.12. The van der Waals surface area contributed by atoms with Gasteiger partial charge >= 0.3 is 5.97 Å². The maximum atomic E-state index is 11.3. The molecular weight excluding hydrogens is 154 g/mol. The molecule has 1 aliphatic heterocycles. The van der Waals surface area contributed by atoms with E-state index in [1.54, 1.807) is 0 Å². The SMILES string of the molecule is CC(C)(C)OC(=O)C1C=CCN1. The first kappa shape index (κ1) is 9.26. The summed E-state index contributed by atoms with van der Waals surface area (Å²) in [5, 5.41) is 2.99. The molecule has 0 fully saturated rings. The Kier molecular flexibility index (Phi) is 2.52. The van der Waals surface area contributed by atoms with Crippen LogP contribution in [-0.2, 0) is 9.53 Å². The fraction of sp³-hybridized carbons (Fsp3) is 0.667. The third kappa shape index (κ3) is 2.66. The summed E-state index contributed by atoms with van der Waals surface area (Å²) in [6.07, 6.45) is 3.75. The topological polar surface area (TPSA) is 38.3 Å². The molecule has 0 bridgehead atoms. The Morgan fingerprint density at radius 3 is 2.67 bits per heavy atom. The zero-order chi connectivity index (χ0) is 9.19. The van der Waals surface area contributed by atoms with Gasteiger partial charge in [0.2, 0.25) is 0 Å². The number of hydrogen-bond donors (Lipinski definition) is 1. The molecular formula is C9H15NO2. The zero-order valence-electron chi connectivity index (χ0n) is 7.76. The molecule has 3 heteroatoms. The molecule has 68 valence electrons. The summed E-state index contributed by atoms with van der Waals surface area (Å²) >= 11 is 0. The number of carbonyl (C=O) groups excluding carboxylic acids is 1. The monoisotopic (exact) mass is 169 g/mol. The van der Waals surface area contributed by atoms with Crippen LogP contribution < -0.4 is 5.32 Å². The van der Waals surface area contributed by atoms with Gasteiger partial charge in [-0.3, -0.25) is 5.32 Å². The predicted molar refractivity (Wildman–Crippen MR) is 46.8 cm³/mol. The van der Waals surface area contributed by atoms with Crippen molar-refractivity contribution in [1.29, 1.82) is 0 Å². The standard InChI is InChI=1S/C9H15NO2/c1-9(2,3)12-8(11)7-5-4-6-10-7/h4-5,7,10H,6H2,1-3H3. The average Bonchev–Trinajstić information content (AvgIpc) is 2.32. The molecule has 0 radical (unpaired) electrons. The van der Waals surface area contributed by atoms with E-state index in [1.165, 1.54) is 0 Å². The molecule has 0 aromatic heterocycles. The van der Waals surface area contributed by atoms with E-state index in [9.17, 15) is 4.79 Å². The summed E-state index contributed by atoms with van der Waals surface area (Å²) in [6, 6.07) is -0.246. The number of esters is 1. The second-order valence-electron chi connectivity index (χ2n) is 3.85. The smallest absolute Gasteiger partial charge is 0.327 e. The van der Waals surface area contributed by atoms with Crippen LogP contribution in [0.4, 0.5) is 0 Å². The molecule has 0 amide bonds. The van der Waals surface area contributed by atoms with Crippen molar-refractivity contribution in [2.24, 2.45) is 0 Å². The van der Waals surface area contributed by atoms with Crippen LogP contribution in [0.5, 0.6) is 0 Å². The van der Waals surface area contributed by atoms with E-state index in [0.717, 1.165) is 6.54 Å². The van der Waals surface area contributed by atoms with Crippen molar-refractivity contribution in [1.82, 2.24) is 5.32 Å². The highest BCUT2D eigenvalue weighted by Gasteiger charge is 2.23. The minimum atomic E-state index is -0.394. The highest BCUT2D eigenvalue weighted by atomic mass is 16.6. The van der Waals surface area contributed by atoms with Crippen molar-refractivity contribution in [2.75, 3.05) is 6.54 Å². The molecule has 1 heterocycles. The van der Waals surface area contributed by atoms with Crippen LogP contribution in [0.3, 0.4) is 0 Å². The molecule has 1 unspecified atom stereocenters. The van der Waals surface area contributed by atoms with Gasteiger partial charge in [-0.15, -0.1) is 0 Å². The van der Waals surface area contributed by atoms with Crippen molar-refractivity contribution in [2.45, 2.75) is 32.4 Å². The molecule has 0 spiro atoms. The highest BCUT2D eigenvalue weighted by molar-refractivity contribution is 5.79. The van der Waals surface area contributed by atoms with Crippen LogP contribution in [0.2, 0.25) is 0 Å². The van der Waals surface area contributed by atoms with E-state index in [4.69, 9.17) is 4.74 Å². The van der Waals surface area contributed by atoms with Crippen molar-refractivity contribution in [3.05, 3.63) is 12.2 Å². The lowest BCUT2D eigenvalue weighted by molar-refractivity contribution is -0.155. The van der Waals surface area contributed by atoms with Gasteiger partial charge < -0.3 is 4.74 Å². The van der Waals surface area contributed by atoms with E-state index in [0.29, 0.717) is 0 Å². The number of rotatable bonds is 1. The Bertz CT molecular complexity index is 203. The maximum Gasteiger partial charge on any atom is 0.327 e. The van der Waals surface area contributed by atoms with E-state index < -0.39 is 5.60 Å². The predicted octanol–water partition coefficient (Wildman–Crippen LogP) is 0.856. The van der Waals surface area contributed by atoms with Crippen LogP contribution >= 0.6 is 0 Å². The van der Waals surface area contributed by atoms with Crippen molar-refractivity contribution < 1.29 is 9.53 Å². The summed E-state index contributed by atoms with van der Waals surface area (Å²) in [7, 11) is 0. The molecule has 0 saturated carbocycles. The first-order valence-electron chi connectivity index (χ1n) is 4.12. The molecule has 3 nitrogen and oxygen atoms in total. The normalized spacial score (nSPS) is 22.8. The van der Waals surface area contributed by atoms with Gasteiger partial charge in [0, 0.05) is 6.54 Å². The molecule has 0 saturated heterocycles. The van der Waals surface area contributed by atoms with Crippen LogP contribution in [-0.4, -0.2) is 24.2 Å². The van der Waals surface area contributed by atoms with Gasteiger partial charge in [0.15, 0.2) is 0 Å². The molecule has 0 aliphatic carbocycles. The molecule has 12 heavy (non-hydrogen) atoms. The minimum absolute atomic E-state index is 0.198. The Hall–Kier alpha value is -0.830. The zero-order valence-corrected chi connectivity index (χ0v) is 7.76. The van der Waals surface area contributed by atoms with E-state index in [1.807, 2.05) is 32.9 Å². The van der Waals surface area contributed by atoms with Crippen molar-refractivity contribution >= 4 is 5.97 Å². The molecule has 1 rings (SSSR count). The van der Waals surface area contributed by atoms with E-state index >= 15 is 0 Å². The molecule has 0 aromatic carbocycles. The summed E-state index contributed by atoms with van der Waals surface area (Å²) in [6.45, 7) is 6.35. The molecule has 1 aliphatic rings. The van der Waals surface area contributed by atoms with Crippen molar-refractivity contribution in [3.8, 4) is 0 Å². The second-order valence-corrected chi connectivity index (χ2v) is 3.85. The summed E-state index contributed by atoms with van der Waals surface area (Å²) in [5.41, 5.74) is -0.394. The Balaban J connectivity index is 2.43. The van der Waals surface area contributed by atoms with Crippen LogP contribution in [0, 0.1) is 0 Å². The Morgan fingerprint density at radius 2 is 2.25 bits per heavy atom. The third-order valence-electron chi connectivity index (χ3n) is 1.44. The Morgan fingerprint density at radius 1 is 1.58 bits per heavy atom. The van der Waals surface area contributed by atoms with Gasteiger partial charge in [-0.1, -0.05) is 12.2 Å². The van der Waals surface area contributed by atoms with Gasteiger partial charge in [0.1, 0.15) is 11.6 Å². The maximum absolute atomic E-state index is 11.3. The molecule has 1 atom stereocenters. The lowest BCUT2D eigenvalue weighted by atomic mass is 10.2. The largest absolute Gasteiger partial charge is 0.459 e. The van der Waals surface area contributed by atoms with Crippen molar-refractivity contribution in [3.63, 3.8) is 0 Å². The lowest BCUT2D eigenvalue weighted by Gasteiger charge is -2.21. The fourth-order valence-electron chi connectivity index (χ4n) is 0.994. The Labute approximate surface area is 72.8 Å². The minimum Gasteiger partial charge on any atom is -0.459 e. The second kappa shape index (κ2) is 3.27. The van der Waals surface area contributed by atoms with Gasteiger partial charge in [-0.2, -0.15) is 0 Å². The van der Waals surface area contributed by atoms with E-state index in [-0.39, 0.29) is 12.0 Å². The molecule has 0 aromatic rings. The quantitative estimate of drug-likeness (QED) is 0.467. The summed E-state index contributed by atoms with van der Waals surface area (Å²) in [5.74, 6) is -0.198. The van der Waals surface area contributed by atoms with Crippen LogP contribution in [0.25, 0.3) is 0 Å². The van der Waals surface area contributed by atoms with Gasteiger partial charge in [0.05, 0.1) is 0 Å². The number of hydrogen-bond acceptors (Lipinski definition) is 3. The van der Waals surface area contributed by atoms with Gasteiger partial charge in [0.25, 0.3) is 0 Å². The van der Waals surface area contributed by atoms with Gasteiger partial charge in [-0.05, 0) is 20.8 Å². The van der Waals surface area contributed by atoms with E-state index in [2.05, 4.69) is 5.32 Å². The first-order chi connectivity index (χ1) is 5.49. The fourth-order valence-corrected chi connectivity index (χ4v) is 0.994. The highest BCUT2D eigenvalue weighted by Crippen LogP contribution is 2.09.